The van der Waals surface area contributed by atoms with Gasteiger partial charge in [-0.15, -0.1) is 0 Å². The second-order valence-electron chi connectivity index (χ2n) is 4.13. The molecule has 0 heterocycles. The van der Waals surface area contributed by atoms with E-state index in [4.69, 9.17) is 12.2 Å². The van der Waals surface area contributed by atoms with E-state index in [9.17, 15) is 4.79 Å². The number of hydrogen-bond donors (Lipinski definition) is 1. The highest BCUT2D eigenvalue weighted by molar-refractivity contribution is 14.1. The fraction of sp³-hybridized carbons (Fsp3) is 0.0667. The summed E-state index contributed by atoms with van der Waals surface area (Å²) in [6.07, 6.45) is 0. The number of amides is 1. The summed E-state index contributed by atoms with van der Waals surface area (Å²) in [5.41, 5.74) is 1.55. The lowest BCUT2D eigenvalue weighted by Crippen LogP contribution is -2.40. The number of thiocarbonyl (C=S) groups is 1. The molecule has 0 saturated carbocycles. The SMILES string of the molecule is CN(C(=S)NC(=O)c1ccccc1I)c1ccccc1. The predicted octanol–water partition coefficient (Wildman–Crippen LogP) is 3.44. The third kappa shape index (κ3) is 3.55. The van der Waals surface area contributed by atoms with Crippen LogP contribution in [0.5, 0.6) is 0 Å². The summed E-state index contributed by atoms with van der Waals surface area (Å²) < 4.78 is 0.896. The number of hydrogen-bond acceptors (Lipinski definition) is 2. The topological polar surface area (TPSA) is 32.3 Å². The Balaban J connectivity index is 2.09. The van der Waals surface area contributed by atoms with Gasteiger partial charge in [0, 0.05) is 16.3 Å². The molecule has 2 aromatic carbocycles. The summed E-state index contributed by atoms with van der Waals surface area (Å²) in [6, 6.07) is 17.1. The van der Waals surface area contributed by atoms with Crippen molar-refractivity contribution in [2.45, 2.75) is 0 Å². The minimum absolute atomic E-state index is 0.192. The molecule has 0 atom stereocenters. The van der Waals surface area contributed by atoms with Crippen LogP contribution >= 0.6 is 34.8 Å². The van der Waals surface area contributed by atoms with Crippen LogP contribution in [0.1, 0.15) is 10.4 Å². The van der Waals surface area contributed by atoms with Crippen molar-refractivity contribution in [1.29, 1.82) is 0 Å². The van der Waals surface area contributed by atoms with Gasteiger partial charge in [-0.25, -0.2) is 0 Å². The van der Waals surface area contributed by atoms with Gasteiger partial charge in [-0.3, -0.25) is 10.1 Å². The first-order valence-corrected chi connectivity index (χ1v) is 7.47. The van der Waals surface area contributed by atoms with Gasteiger partial charge >= 0.3 is 0 Å². The average Bonchev–Trinajstić information content (AvgIpc) is 2.47. The summed E-state index contributed by atoms with van der Waals surface area (Å²) in [7, 11) is 1.83. The van der Waals surface area contributed by atoms with E-state index in [1.54, 1.807) is 11.0 Å². The van der Waals surface area contributed by atoms with Crippen LogP contribution in [0.3, 0.4) is 0 Å². The Morgan fingerprint density at radius 2 is 1.70 bits per heavy atom. The molecule has 0 bridgehead atoms. The van der Waals surface area contributed by atoms with Gasteiger partial charge in [0.1, 0.15) is 0 Å². The lowest BCUT2D eigenvalue weighted by atomic mass is 10.2. The Kier molecular flexibility index (Phi) is 5.08. The summed E-state index contributed by atoms with van der Waals surface area (Å²) in [5.74, 6) is -0.192. The molecule has 1 N–H and O–H groups in total. The first-order chi connectivity index (χ1) is 9.59. The molecule has 2 aromatic rings. The first-order valence-electron chi connectivity index (χ1n) is 5.98. The van der Waals surface area contributed by atoms with Crippen molar-refractivity contribution in [1.82, 2.24) is 5.32 Å². The number of nitrogens with zero attached hydrogens (tertiary/aromatic N) is 1. The molecule has 0 aliphatic carbocycles. The third-order valence-electron chi connectivity index (χ3n) is 2.79. The van der Waals surface area contributed by atoms with Crippen molar-refractivity contribution >= 4 is 51.5 Å². The van der Waals surface area contributed by atoms with Gasteiger partial charge < -0.3 is 4.90 Å². The van der Waals surface area contributed by atoms with Gasteiger partial charge in [0.05, 0.1) is 5.56 Å². The van der Waals surface area contributed by atoms with Gasteiger partial charge in [-0.2, -0.15) is 0 Å². The van der Waals surface area contributed by atoms with E-state index in [0.29, 0.717) is 10.7 Å². The number of benzene rings is 2. The van der Waals surface area contributed by atoms with Crippen LogP contribution < -0.4 is 10.2 Å². The van der Waals surface area contributed by atoms with E-state index in [0.717, 1.165) is 9.26 Å². The molecule has 0 radical (unpaired) electrons. The van der Waals surface area contributed by atoms with Gasteiger partial charge in [-0.05, 0) is 59.1 Å². The number of para-hydroxylation sites is 1. The zero-order valence-corrected chi connectivity index (χ0v) is 13.8. The molecular weight excluding hydrogens is 383 g/mol. The average molecular weight is 396 g/mol. The van der Waals surface area contributed by atoms with Gasteiger partial charge in [0.25, 0.3) is 5.91 Å². The van der Waals surface area contributed by atoms with Crippen LogP contribution in [-0.2, 0) is 0 Å². The van der Waals surface area contributed by atoms with Crippen LogP contribution in [0.15, 0.2) is 54.6 Å². The van der Waals surface area contributed by atoms with E-state index in [1.165, 1.54) is 0 Å². The minimum Gasteiger partial charge on any atom is -0.322 e. The highest BCUT2D eigenvalue weighted by atomic mass is 127. The Labute approximate surface area is 137 Å². The Morgan fingerprint density at radius 1 is 1.10 bits per heavy atom. The molecule has 1 amide bonds. The summed E-state index contributed by atoms with van der Waals surface area (Å²) in [4.78, 5) is 13.9. The van der Waals surface area contributed by atoms with Crippen LogP contribution in [-0.4, -0.2) is 18.1 Å². The number of rotatable bonds is 2. The Bertz CT molecular complexity index is 631. The number of carbonyl (C=O) groups is 1. The largest absolute Gasteiger partial charge is 0.322 e. The van der Waals surface area contributed by atoms with Crippen molar-refractivity contribution in [2.24, 2.45) is 0 Å². The molecule has 102 valence electrons. The molecule has 0 fully saturated rings. The summed E-state index contributed by atoms with van der Waals surface area (Å²) >= 11 is 7.40. The highest BCUT2D eigenvalue weighted by Crippen LogP contribution is 2.13. The third-order valence-corrected chi connectivity index (χ3v) is 4.10. The lowest BCUT2D eigenvalue weighted by molar-refractivity contribution is 0.0976. The van der Waals surface area contributed by atoms with Crippen LogP contribution in [0.4, 0.5) is 5.69 Å². The van der Waals surface area contributed by atoms with Crippen molar-refractivity contribution in [3.8, 4) is 0 Å². The minimum atomic E-state index is -0.192. The highest BCUT2D eigenvalue weighted by Gasteiger charge is 2.13. The quantitative estimate of drug-likeness (QED) is 0.624. The number of nitrogens with one attached hydrogen (secondary N) is 1. The first kappa shape index (κ1) is 14.9. The number of anilines is 1. The van der Waals surface area contributed by atoms with E-state index >= 15 is 0 Å². The van der Waals surface area contributed by atoms with Crippen molar-refractivity contribution in [2.75, 3.05) is 11.9 Å². The van der Waals surface area contributed by atoms with E-state index in [1.807, 2.05) is 55.6 Å². The summed E-state index contributed by atoms with van der Waals surface area (Å²) in [6.45, 7) is 0. The molecule has 3 nitrogen and oxygen atoms in total. The van der Waals surface area contributed by atoms with Gasteiger partial charge in [-0.1, -0.05) is 30.3 Å². The van der Waals surface area contributed by atoms with E-state index in [-0.39, 0.29) is 5.91 Å². The fourth-order valence-corrected chi connectivity index (χ4v) is 2.49. The zero-order chi connectivity index (χ0) is 14.5. The van der Waals surface area contributed by atoms with E-state index in [2.05, 4.69) is 27.9 Å². The molecule has 0 aromatic heterocycles. The predicted molar refractivity (Wildman–Crippen MR) is 94.1 cm³/mol. The molecule has 0 aliphatic rings. The maximum Gasteiger partial charge on any atom is 0.258 e. The molecule has 0 saturated heterocycles. The van der Waals surface area contributed by atoms with Gasteiger partial charge in [0.2, 0.25) is 0 Å². The van der Waals surface area contributed by atoms with Crippen molar-refractivity contribution in [3.05, 3.63) is 63.7 Å². The molecule has 5 heteroatoms. The lowest BCUT2D eigenvalue weighted by Gasteiger charge is -2.20. The molecule has 0 unspecified atom stereocenters. The molecular formula is C15H13IN2OS. The number of carbonyl (C=O) groups excluding carboxylic acids is 1. The monoisotopic (exact) mass is 396 g/mol. The molecule has 0 spiro atoms. The van der Waals surface area contributed by atoms with Crippen molar-refractivity contribution in [3.63, 3.8) is 0 Å². The Morgan fingerprint density at radius 3 is 2.35 bits per heavy atom. The van der Waals surface area contributed by atoms with Crippen LogP contribution in [0.25, 0.3) is 0 Å². The Hall–Kier alpha value is -1.47. The standard InChI is InChI=1S/C15H13IN2OS/c1-18(11-7-3-2-4-8-11)15(20)17-14(19)12-9-5-6-10-13(12)16/h2-10H,1H3,(H,17,19,20). The summed E-state index contributed by atoms with van der Waals surface area (Å²) in [5, 5.41) is 3.12. The van der Waals surface area contributed by atoms with Crippen LogP contribution in [0.2, 0.25) is 0 Å². The molecule has 0 aliphatic heterocycles. The maximum absolute atomic E-state index is 12.2. The fourth-order valence-electron chi connectivity index (χ4n) is 1.66. The van der Waals surface area contributed by atoms with E-state index < -0.39 is 0 Å². The second-order valence-corrected chi connectivity index (χ2v) is 5.68. The normalized spacial score (nSPS) is 9.90. The van der Waals surface area contributed by atoms with Crippen LogP contribution in [0, 0.1) is 3.57 Å². The molecule has 20 heavy (non-hydrogen) atoms. The van der Waals surface area contributed by atoms with Gasteiger partial charge in [0.15, 0.2) is 5.11 Å². The smallest absolute Gasteiger partial charge is 0.258 e. The zero-order valence-electron chi connectivity index (χ0n) is 10.8. The van der Waals surface area contributed by atoms with Crippen molar-refractivity contribution < 1.29 is 4.79 Å². The maximum atomic E-state index is 12.2. The second kappa shape index (κ2) is 6.81. The number of halogens is 1. The molecule has 2 rings (SSSR count).